The van der Waals surface area contributed by atoms with Crippen LogP contribution in [0.15, 0.2) is 24.3 Å². The van der Waals surface area contributed by atoms with Crippen molar-refractivity contribution in [2.75, 3.05) is 5.73 Å². The van der Waals surface area contributed by atoms with Gasteiger partial charge in [0.05, 0.1) is 5.52 Å². The van der Waals surface area contributed by atoms with Gasteiger partial charge in [0.1, 0.15) is 5.69 Å². The lowest BCUT2D eigenvalue weighted by molar-refractivity contribution is 0.146. The van der Waals surface area contributed by atoms with E-state index in [2.05, 4.69) is 4.98 Å². The van der Waals surface area contributed by atoms with Gasteiger partial charge < -0.3 is 5.73 Å². The summed E-state index contributed by atoms with van der Waals surface area (Å²) >= 11 is 0. The van der Waals surface area contributed by atoms with Crippen LogP contribution in [-0.4, -0.2) is 4.98 Å². The lowest BCUT2D eigenvalue weighted by Gasteiger charge is -2.06. The number of hydrogen-bond acceptors (Lipinski definition) is 2. The first kappa shape index (κ1) is 9.83. The first-order valence-corrected chi connectivity index (χ1v) is 4.53. The van der Waals surface area contributed by atoms with Crippen molar-refractivity contribution in [2.24, 2.45) is 0 Å². The first-order chi connectivity index (χ1) is 7.08. The first-order valence-electron chi connectivity index (χ1n) is 4.53. The molecule has 0 aliphatic carbocycles. The van der Waals surface area contributed by atoms with Gasteiger partial charge in [0, 0.05) is 11.1 Å². The van der Waals surface area contributed by atoms with Gasteiger partial charge in [-0.25, -0.2) is 13.8 Å². The predicted molar refractivity (Wildman–Crippen MR) is 55.8 cm³/mol. The fourth-order valence-electron chi connectivity index (χ4n) is 1.50. The molecule has 0 aliphatic heterocycles. The van der Waals surface area contributed by atoms with Crippen molar-refractivity contribution in [1.29, 1.82) is 0 Å². The van der Waals surface area contributed by atoms with E-state index in [0.717, 1.165) is 10.9 Å². The molecule has 0 bridgehead atoms. The molecule has 0 unspecified atom stereocenters. The minimum absolute atomic E-state index is 0.274. The van der Waals surface area contributed by atoms with Crippen LogP contribution >= 0.6 is 0 Å². The molecule has 1 heterocycles. The lowest BCUT2D eigenvalue weighted by atomic mass is 10.1. The Bertz CT molecular complexity index is 509. The average Bonchev–Trinajstić information content (AvgIpc) is 2.18. The molecule has 0 aliphatic rings. The fraction of sp³-hybridized carbons (Fsp3) is 0.182. The Balaban J connectivity index is 2.73. The monoisotopic (exact) mass is 208 g/mol. The molecule has 0 saturated heterocycles. The molecule has 0 radical (unpaired) electrons. The molecule has 0 saturated carbocycles. The zero-order valence-electron chi connectivity index (χ0n) is 8.17. The molecule has 2 nitrogen and oxygen atoms in total. The number of hydrogen-bond donors (Lipinski definition) is 1. The van der Waals surface area contributed by atoms with Crippen LogP contribution in [0.5, 0.6) is 0 Å². The van der Waals surface area contributed by atoms with Crippen LogP contribution in [0.4, 0.5) is 14.5 Å². The highest BCUT2D eigenvalue weighted by molar-refractivity contribution is 5.90. The molecule has 2 aromatic rings. The summed E-state index contributed by atoms with van der Waals surface area (Å²) in [5.41, 5.74) is 7.30. The van der Waals surface area contributed by atoms with Crippen LogP contribution in [0.25, 0.3) is 10.9 Å². The highest BCUT2D eigenvalue weighted by atomic mass is 19.3. The largest absolute Gasteiger partial charge is 0.398 e. The molecule has 0 atom stereocenters. The van der Waals surface area contributed by atoms with E-state index in [1.807, 2.05) is 19.1 Å². The number of aromatic nitrogens is 1. The van der Waals surface area contributed by atoms with Gasteiger partial charge >= 0.3 is 0 Å². The van der Waals surface area contributed by atoms with Crippen molar-refractivity contribution >= 4 is 16.6 Å². The van der Waals surface area contributed by atoms with Crippen LogP contribution in [-0.2, 0) is 0 Å². The number of rotatable bonds is 1. The van der Waals surface area contributed by atoms with Gasteiger partial charge in [0.2, 0.25) is 0 Å². The molecule has 1 aromatic heterocycles. The zero-order chi connectivity index (χ0) is 11.0. The van der Waals surface area contributed by atoms with Gasteiger partial charge in [-0.1, -0.05) is 11.6 Å². The normalized spacial score (nSPS) is 11.2. The Morgan fingerprint density at radius 2 is 2.00 bits per heavy atom. The molecule has 2 rings (SSSR count). The highest BCUT2D eigenvalue weighted by Gasteiger charge is 2.11. The second kappa shape index (κ2) is 3.46. The third-order valence-electron chi connectivity index (χ3n) is 2.24. The number of nitrogens with zero attached hydrogens (tertiary/aromatic N) is 1. The maximum Gasteiger partial charge on any atom is 0.280 e. The highest BCUT2D eigenvalue weighted by Crippen LogP contribution is 2.26. The molecular formula is C11H10F2N2. The zero-order valence-corrected chi connectivity index (χ0v) is 8.17. The van der Waals surface area contributed by atoms with E-state index < -0.39 is 6.43 Å². The number of nitrogens with two attached hydrogens (primary N) is 1. The van der Waals surface area contributed by atoms with Gasteiger partial charge in [-0.05, 0) is 25.1 Å². The summed E-state index contributed by atoms with van der Waals surface area (Å²) in [4.78, 5) is 3.85. The van der Waals surface area contributed by atoms with Crippen molar-refractivity contribution in [3.05, 3.63) is 35.5 Å². The average molecular weight is 208 g/mol. The second-order valence-electron chi connectivity index (χ2n) is 3.46. The number of halogens is 2. The molecule has 15 heavy (non-hydrogen) atoms. The lowest BCUT2D eigenvalue weighted by Crippen LogP contribution is -1.96. The number of anilines is 1. The van der Waals surface area contributed by atoms with Crippen molar-refractivity contribution < 1.29 is 8.78 Å². The van der Waals surface area contributed by atoms with Crippen molar-refractivity contribution in [3.63, 3.8) is 0 Å². The Morgan fingerprint density at radius 3 is 2.67 bits per heavy atom. The van der Waals surface area contributed by atoms with Crippen LogP contribution in [0, 0.1) is 6.92 Å². The van der Waals surface area contributed by atoms with Gasteiger partial charge in [-0.3, -0.25) is 0 Å². The smallest absolute Gasteiger partial charge is 0.280 e. The molecule has 0 amide bonds. The van der Waals surface area contributed by atoms with Crippen LogP contribution in [0.1, 0.15) is 17.7 Å². The topological polar surface area (TPSA) is 38.9 Å². The van der Waals surface area contributed by atoms with E-state index in [1.165, 1.54) is 6.07 Å². The molecule has 78 valence electrons. The van der Waals surface area contributed by atoms with Gasteiger partial charge in [0.15, 0.2) is 0 Å². The third-order valence-corrected chi connectivity index (χ3v) is 2.24. The quantitative estimate of drug-likeness (QED) is 0.782. The summed E-state index contributed by atoms with van der Waals surface area (Å²) < 4.78 is 24.9. The number of fused-ring (bicyclic) bond motifs is 1. The van der Waals surface area contributed by atoms with E-state index in [9.17, 15) is 8.78 Å². The maximum absolute atomic E-state index is 12.4. The van der Waals surface area contributed by atoms with Gasteiger partial charge in [-0.2, -0.15) is 0 Å². The molecular weight excluding hydrogens is 198 g/mol. The van der Waals surface area contributed by atoms with Crippen molar-refractivity contribution in [3.8, 4) is 0 Å². The number of benzene rings is 1. The van der Waals surface area contributed by atoms with Gasteiger partial charge in [0.25, 0.3) is 6.43 Å². The summed E-state index contributed by atoms with van der Waals surface area (Å²) in [5.74, 6) is 0. The summed E-state index contributed by atoms with van der Waals surface area (Å²) in [6, 6.07) is 6.59. The second-order valence-corrected chi connectivity index (χ2v) is 3.46. The van der Waals surface area contributed by atoms with E-state index in [4.69, 9.17) is 5.73 Å². The van der Waals surface area contributed by atoms with E-state index in [-0.39, 0.29) is 5.69 Å². The molecule has 0 fully saturated rings. The minimum atomic E-state index is -2.59. The fourth-order valence-corrected chi connectivity index (χ4v) is 1.50. The number of nitrogen functional groups attached to an aromatic ring is 1. The third kappa shape index (κ3) is 1.75. The number of pyridine rings is 1. The van der Waals surface area contributed by atoms with Crippen LogP contribution < -0.4 is 5.73 Å². The minimum Gasteiger partial charge on any atom is -0.398 e. The van der Waals surface area contributed by atoms with E-state index in [0.29, 0.717) is 11.2 Å². The molecule has 1 aromatic carbocycles. The molecule has 4 heteroatoms. The van der Waals surface area contributed by atoms with E-state index >= 15 is 0 Å². The van der Waals surface area contributed by atoms with Crippen molar-refractivity contribution in [1.82, 2.24) is 4.98 Å². The number of aryl methyl sites for hydroxylation is 1. The summed E-state index contributed by atoms with van der Waals surface area (Å²) in [7, 11) is 0. The summed E-state index contributed by atoms with van der Waals surface area (Å²) in [6.07, 6.45) is -2.59. The molecule has 2 N–H and O–H groups in total. The Hall–Kier alpha value is -1.71. The maximum atomic E-state index is 12.4. The SMILES string of the molecule is Cc1ccc2nc(C(F)F)cc(N)c2c1. The van der Waals surface area contributed by atoms with Crippen LogP contribution in [0.3, 0.4) is 0 Å². The van der Waals surface area contributed by atoms with Crippen LogP contribution in [0.2, 0.25) is 0 Å². The predicted octanol–water partition coefficient (Wildman–Crippen LogP) is 3.06. The Kier molecular flexibility index (Phi) is 2.26. The van der Waals surface area contributed by atoms with Crippen molar-refractivity contribution in [2.45, 2.75) is 13.3 Å². The summed E-state index contributed by atoms with van der Waals surface area (Å²) in [6.45, 7) is 1.92. The Morgan fingerprint density at radius 1 is 1.27 bits per heavy atom. The summed E-state index contributed by atoms with van der Waals surface area (Å²) in [5, 5.41) is 0.722. The van der Waals surface area contributed by atoms with E-state index in [1.54, 1.807) is 6.07 Å². The molecule has 0 spiro atoms. The number of alkyl halides is 2. The standard InChI is InChI=1S/C11H10F2N2/c1-6-2-3-9-7(4-6)8(14)5-10(15-9)11(12)13/h2-5,11H,1H3,(H2,14,15). The van der Waals surface area contributed by atoms with Gasteiger partial charge in [-0.15, -0.1) is 0 Å². The Labute approximate surface area is 85.7 Å².